The van der Waals surface area contributed by atoms with Crippen LogP contribution in [0.25, 0.3) is 0 Å². The van der Waals surface area contributed by atoms with E-state index in [-0.39, 0.29) is 40.1 Å². The van der Waals surface area contributed by atoms with Gasteiger partial charge in [0.2, 0.25) is 0 Å². The monoisotopic (exact) mass is 199 g/mol. The molecule has 1 atom stereocenters. The van der Waals surface area contributed by atoms with Crippen LogP contribution in [0.1, 0.15) is 0 Å². The number of hydrogen-bond acceptors (Lipinski definition) is 3. The zero-order valence-electron chi connectivity index (χ0n) is 4.30. The van der Waals surface area contributed by atoms with Gasteiger partial charge in [0, 0.05) is 39.8 Å². The van der Waals surface area contributed by atoms with Crippen molar-refractivity contribution in [3.05, 3.63) is 7.43 Å². The molecule has 0 aliphatic heterocycles. The van der Waals surface area contributed by atoms with Crippen LogP contribution in [0, 0.1) is 7.43 Å². The van der Waals surface area contributed by atoms with Crippen molar-refractivity contribution in [1.29, 1.82) is 0 Å². The van der Waals surface area contributed by atoms with E-state index in [0.717, 1.165) is 7.11 Å². The first kappa shape index (κ1) is 15.7. The average Bonchev–Trinajstić information content (AvgIpc) is 1.38. The Morgan fingerprint density at radius 1 is 1.71 bits per heavy atom. The molecule has 1 unspecified atom stereocenters. The molecule has 0 heterocycles. The first-order valence-corrected chi connectivity index (χ1v) is 2.25. The SMILES string of the molecule is CO[PH](=O)[O-].[CH3-].[Y]. The van der Waals surface area contributed by atoms with Gasteiger partial charge in [0.25, 0.3) is 0 Å². The van der Waals surface area contributed by atoms with Crippen LogP contribution in [0.3, 0.4) is 0 Å². The first-order chi connectivity index (χ1) is 2.27. The Morgan fingerprint density at radius 2 is 1.86 bits per heavy atom. The molecule has 1 radical (unpaired) electrons. The number of hydrogen-bond donors (Lipinski definition) is 0. The molecule has 0 saturated heterocycles. The Hall–Kier alpha value is 1.25. The Morgan fingerprint density at radius 3 is 1.86 bits per heavy atom. The minimum Gasteiger partial charge on any atom is -0.781 e. The zero-order valence-corrected chi connectivity index (χ0v) is 8.14. The molecular weight excluding hydrogens is 192 g/mol. The van der Waals surface area contributed by atoms with Crippen LogP contribution >= 0.6 is 8.25 Å². The summed E-state index contributed by atoms with van der Waals surface area (Å²) in [5.74, 6) is 0. The van der Waals surface area contributed by atoms with Gasteiger partial charge in [-0.25, -0.2) is 0 Å². The van der Waals surface area contributed by atoms with Gasteiger partial charge in [-0.1, -0.05) is 0 Å². The van der Waals surface area contributed by atoms with E-state index >= 15 is 0 Å². The zero-order chi connectivity index (χ0) is 4.28. The molecule has 0 rings (SSSR count). The molecule has 0 fully saturated rings. The van der Waals surface area contributed by atoms with Gasteiger partial charge in [-0.2, -0.15) is 0 Å². The Labute approximate surface area is 69.3 Å². The van der Waals surface area contributed by atoms with Crippen molar-refractivity contribution in [3.8, 4) is 0 Å². The predicted octanol–water partition coefficient (Wildman–Crippen LogP) is -0.169. The van der Waals surface area contributed by atoms with Gasteiger partial charge in [-0.3, -0.25) is 0 Å². The fourth-order valence-corrected chi connectivity index (χ4v) is 0. The summed E-state index contributed by atoms with van der Waals surface area (Å²) in [6.45, 7) is 0. The van der Waals surface area contributed by atoms with E-state index in [4.69, 9.17) is 0 Å². The van der Waals surface area contributed by atoms with E-state index in [9.17, 15) is 9.46 Å². The molecular formula is C2H7O3PY-2. The fraction of sp³-hybridized carbons (Fsp3) is 0.500. The van der Waals surface area contributed by atoms with Crippen molar-refractivity contribution in [1.82, 2.24) is 0 Å². The summed E-state index contributed by atoms with van der Waals surface area (Å²) >= 11 is 0. The second-order valence-corrected chi connectivity index (χ2v) is 1.36. The molecule has 7 heavy (non-hydrogen) atoms. The van der Waals surface area contributed by atoms with Crippen LogP contribution in [0.5, 0.6) is 0 Å². The summed E-state index contributed by atoms with van der Waals surface area (Å²) in [6, 6.07) is 0. The van der Waals surface area contributed by atoms with Crippen molar-refractivity contribution < 1.29 is 46.7 Å². The van der Waals surface area contributed by atoms with Crippen LogP contribution in [0.2, 0.25) is 0 Å². The minimum atomic E-state index is -2.87. The molecule has 0 aliphatic carbocycles. The maximum absolute atomic E-state index is 9.22. The van der Waals surface area contributed by atoms with Crippen LogP contribution in [0.4, 0.5) is 0 Å². The molecule has 0 spiro atoms. The summed E-state index contributed by atoms with van der Waals surface area (Å²) < 4.78 is 13.0. The third-order valence-electron chi connectivity index (χ3n) is 0.167. The van der Waals surface area contributed by atoms with Gasteiger partial charge in [0.15, 0.2) is 0 Å². The van der Waals surface area contributed by atoms with E-state index < -0.39 is 8.25 Å². The molecule has 0 aromatic heterocycles. The molecule has 0 aliphatic rings. The maximum atomic E-state index is 9.22. The fourth-order valence-electron chi connectivity index (χ4n) is 0. The van der Waals surface area contributed by atoms with Crippen molar-refractivity contribution in [3.63, 3.8) is 0 Å². The van der Waals surface area contributed by atoms with Crippen LogP contribution in [-0.2, 0) is 41.8 Å². The topological polar surface area (TPSA) is 49.4 Å². The Balaban J connectivity index is -0.0000000800. The first-order valence-electron chi connectivity index (χ1n) is 1.02. The molecule has 43 valence electrons. The Bertz CT molecular complexity index is 48.2. The predicted molar refractivity (Wildman–Crippen MR) is 22.4 cm³/mol. The maximum Gasteiger partial charge on any atom is 0.121 e. The summed E-state index contributed by atoms with van der Waals surface area (Å²) in [6.07, 6.45) is 0. The largest absolute Gasteiger partial charge is 0.781 e. The molecule has 0 saturated carbocycles. The van der Waals surface area contributed by atoms with Gasteiger partial charge in [0.05, 0.1) is 0 Å². The molecule has 5 heteroatoms. The van der Waals surface area contributed by atoms with Crippen molar-refractivity contribution >= 4 is 8.25 Å². The van der Waals surface area contributed by atoms with Crippen LogP contribution < -0.4 is 4.89 Å². The molecule has 0 amide bonds. The quantitative estimate of drug-likeness (QED) is 0.435. The van der Waals surface area contributed by atoms with E-state index in [1.807, 2.05) is 0 Å². The van der Waals surface area contributed by atoms with Crippen LogP contribution in [0.15, 0.2) is 0 Å². The van der Waals surface area contributed by atoms with E-state index in [0.29, 0.717) is 0 Å². The number of rotatable bonds is 1. The molecule has 0 aromatic carbocycles. The van der Waals surface area contributed by atoms with Gasteiger partial charge in [-0.15, -0.1) is 0 Å². The second-order valence-electron chi connectivity index (χ2n) is 0.454. The van der Waals surface area contributed by atoms with Crippen molar-refractivity contribution in [2.24, 2.45) is 0 Å². The van der Waals surface area contributed by atoms with Crippen LogP contribution in [-0.4, -0.2) is 7.11 Å². The van der Waals surface area contributed by atoms with E-state index in [2.05, 4.69) is 4.52 Å². The third kappa shape index (κ3) is 18.9. The van der Waals surface area contributed by atoms with Crippen molar-refractivity contribution in [2.45, 2.75) is 0 Å². The second kappa shape index (κ2) is 10.3. The normalized spacial score (nSPS) is 10.6. The molecule has 0 bridgehead atoms. The summed E-state index contributed by atoms with van der Waals surface area (Å²) in [5.41, 5.74) is 0. The van der Waals surface area contributed by atoms with Gasteiger partial charge in [0.1, 0.15) is 8.25 Å². The third-order valence-corrected chi connectivity index (χ3v) is 0.500. The van der Waals surface area contributed by atoms with E-state index in [1.54, 1.807) is 0 Å². The minimum absolute atomic E-state index is 0. The van der Waals surface area contributed by atoms with Crippen molar-refractivity contribution in [2.75, 3.05) is 7.11 Å². The molecule has 0 N–H and O–H groups in total. The average molecular weight is 199 g/mol. The Kier molecular flexibility index (Phi) is 23.1. The standard InChI is InChI=1S/CH5O3P.CH3.Y/c1-4-5(2)3;;/h5H,1H3,(H,2,3);1H3;/q;-1;/p-1. The van der Waals surface area contributed by atoms with Gasteiger partial charge < -0.3 is 21.4 Å². The van der Waals surface area contributed by atoms with E-state index in [1.165, 1.54) is 0 Å². The molecule has 3 nitrogen and oxygen atoms in total. The summed E-state index contributed by atoms with van der Waals surface area (Å²) in [4.78, 5) is 9.22. The van der Waals surface area contributed by atoms with Gasteiger partial charge >= 0.3 is 0 Å². The molecule has 0 aromatic rings. The smallest absolute Gasteiger partial charge is 0.121 e. The summed E-state index contributed by atoms with van der Waals surface area (Å²) in [5, 5.41) is 0. The van der Waals surface area contributed by atoms with Gasteiger partial charge in [-0.05, 0) is 0 Å². The summed E-state index contributed by atoms with van der Waals surface area (Å²) in [7, 11) is -1.75.